The molecule has 120 valence electrons. The molecule has 7 heteroatoms. The van der Waals surface area contributed by atoms with Gasteiger partial charge in [0, 0.05) is 31.9 Å². The predicted molar refractivity (Wildman–Crippen MR) is 86.3 cm³/mol. The lowest BCUT2D eigenvalue weighted by Crippen LogP contribution is -2.44. The van der Waals surface area contributed by atoms with Gasteiger partial charge in [0.2, 0.25) is 6.08 Å². The molecule has 1 aliphatic heterocycles. The summed E-state index contributed by atoms with van der Waals surface area (Å²) >= 11 is 0. The predicted octanol–water partition coefficient (Wildman–Crippen LogP) is 1.59. The molecule has 0 N–H and O–H groups in total. The summed E-state index contributed by atoms with van der Waals surface area (Å²) in [6, 6.07) is 4.98. The van der Waals surface area contributed by atoms with Crippen LogP contribution in [0.25, 0.3) is 0 Å². The lowest BCUT2D eigenvalue weighted by molar-refractivity contribution is 0.313. The van der Waals surface area contributed by atoms with Crippen molar-refractivity contribution in [2.75, 3.05) is 38.1 Å². The second kappa shape index (κ2) is 6.60. The topological polar surface area (TPSA) is 70.1 Å². The molecule has 1 aromatic carbocycles. The van der Waals surface area contributed by atoms with Gasteiger partial charge in [-0.2, -0.15) is 4.99 Å². The smallest absolute Gasteiger partial charge is 0.240 e. The summed E-state index contributed by atoms with van der Waals surface area (Å²) < 4.78 is 24.7. The zero-order chi connectivity index (χ0) is 16.3. The van der Waals surface area contributed by atoms with Crippen LogP contribution in [-0.4, -0.2) is 57.9 Å². The van der Waals surface area contributed by atoms with Gasteiger partial charge in [0.05, 0.1) is 15.8 Å². The van der Waals surface area contributed by atoms with Crippen LogP contribution in [0.15, 0.2) is 28.1 Å². The van der Waals surface area contributed by atoms with Gasteiger partial charge in [0.25, 0.3) is 0 Å². The van der Waals surface area contributed by atoms with Gasteiger partial charge in [-0.3, -0.25) is 0 Å². The summed E-state index contributed by atoms with van der Waals surface area (Å²) in [5.41, 5.74) is 1.05. The van der Waals surface area contributed by atoms with Crippen LogP contribution in [0.3, 0.4) is 0 Å². The summed E-state index contributed by atoms with van der Waals surface area (Å²) in [7, 11) is -1.42. The Balaban J connectivity index is 2.42. The maximum absolute atomic E-state index is 12.3. The summed E-state index contributed by atoms with van der Waals surface area (Å²) in [5, 5.41) is -0.567. The van der Waals surface area contributed by atoms with Gasteiger partial charge in [0.15, 0.2) is 9.84 Å². The highest BCUT2D eigenvalue weighted by atomic mass is 32.2. The fraction of sp³-hybridized carbons (Fsp3) is 0.533. The molecule has 22 heavy (non-hydrogen) atoms. The molecule has 0 radical (unpaired) electrons. The highest BCUT2D eigenvalue weighted by Gasteiger charge is 2.24. The van der Waals surface area contributed by atoms with Crippen molar-refractivity contribution in [3.05, 3.63) is 18.2 Å². The number of hydrogen-bond donors (Lipinski definition) is 0. The summed E-state index contributed by atoms with van der Waals surface area (Å²) in [5.74, 6) is 0. The fourth-order valence-corrected chi connectivity index (χ4v) is 3.56. The summed E-state index contributed by atoms with van der Waals surface area (Å²) in [4.78, 5) is 18.7. The van der Waals surface area contributed by atoms with Crippen LogP contribution >= 0.6 is 0 Å². The van der Waals surface area contributed by atoms with Crippen LogP contribution in [0.5, 0.6) is 0 Å². The maximum atomic E-state index is 12.3. The van der Waals surface area contributed by atoms with Crippen molar-refractivity contribution < 1.29 is 13.2 Å². The van der Waals surface area contributed by atoms with Crippen molar-refractivity contribution >= 4 is 27.3 Å². The molecule has 0 saturated carbocycles. The first kappa shape index (κ1) is 16.7. The second-order valence-corrected chi connectivity index (χ2v) is 8.21. The van der Waals surface area contributed by atoms with Crippen molar-refractivity contribution in [2.24, 2.45) is 4.99 Å². The van der Waals surface area contributed by atoms with Crippen LogP contribution in [0.1, 0.15) is 13.8 Å². The van der Waals surface area contributed by atoms with E-state index in [2.05, 4.69) is 21.8 Å². The number of aliphatic imine (C=N–C) groups is 1. The molecule has 1 aliphatic rings. The molecule has 0 aromatic heterocycles. The molecular weight excluding hydrogens is 302 g/mol. The first-order chi connectivity index (χ1) is 10.4. The molecule has 6 nitrogen and oxygen atoms in total. The van der Waals surface area contributed by atoms with Crippen molar-refractivity contribution in [1.29, 1.82) is 0 Å². The molecule has 0 aliphatic carbocycles. The third-order valence-electron chi connectivity index (χ3n) is 3.90. The molecular formula is C15H21N3O3S. The number of sulfone groups is 1. The average molecular weight is 323 g/mol. The van der Waals surface area contributed by atoms with Crippen LogP contribution in [0, 0.1) is 0 Å². The highest BCUT2D eigenvalue weighted by molar-refractivity contribution is 7.92. The Morgan fingerprint density at radius 2 is 1.82 bits per heavy atom. The number of piperazine rings is 1. The number of benzene rings is 1. The first-order valence-corrected chi connectivity index (χ1v) is 8.80. The number of nitrogens with zero attached hydrogens (tertiary/aromatic N) is 3. The molecule has 1 aromatic rings. The minimum Gasteiger partial charge on any atom is -0.369 e. The number of likely N-dealkylation sites (N-methyl/N-ethyl adjacent to an activating group) is 1. The van der Waals surface area contributed by atoms with E-state index in [4.69, 9.17) is 0 Å². The van der Waals surface area contributed by atoms with E-state index in [-0.39, 0.29) is 10.6 Å². The van der Waals surface area contributed by atoms with E-state index < -0.39 is 15.1 Å². The molecule has 1 fully saturated rings. The Kier molecular flexibility index (Phi) is 5.01. The summed E-state index contributed by atoms with van der Waals surface area (Å²) in [6.07, 6.45) is 1.46. The van der Waals surface area contributed by atoms with Gasteiger partial charge in [-0.25, -0.2) is 13.2 Å². The normalized spacial score (nSPS) is 16.6. The molecule has 1 heterocycles. The lowest BCUT2D eigenvalue weighted by Gasteiger charge is -2.34. The third-order valence-corrected chi connectivity index (χ3v) is 6.10. The van der Waals surface area contributed by atoms with Gasteiger partial charge >= 0.3 is 0 Å². The number of isocyanates is 1. The van der Waals surface area contributed by atoms with Crippen molar-refractivity contribution in [3.8, 4) is 0 Å². The molecule has 0 unspecified atom stereocenters. The summed E-state index contributed by atoms with van der Waals surface area (Å²) in [6.45, 7) is 6.82. The standard InChI is InChI=1S/C15H21N3O3S/c1-12(2)22(20,21)15-5-4-13(10-14(15)16-11-19)18-8-6-17(3)7-9-18/h4-5,10,12H,6-9H2,1-3H3. The average Bonchev–Trinajstić information content (AvgIpc) is 2.48. The quantitative estimate of drug-likeness (QED) is 0.621. The van der Waals surface area contributed by atoms with Gasteiger partial charge in [-0.05, 0) is 39.1 Å². The van der Waals surface area contributed by atoms with Crippen molar-refractivity contribution in [2.45, 2.75) is 24.0 Å². The van der Waals surface area contributed by atoms with E-state index in [9.17, 15) is 13.2 Å². The van der Waals surface area contributed by atoms with Crippen molar-refractivity contribution in [3.63, 3.8) is 0 Å². The largest absolute Gasteiger partial charge is 0.369 e. The second-order valence-electron chi connectivity index (χ2n) is 5.74. The number of hydrogen-bond acceptors (Lipinski definition) is 6. The molecule has 0 amide bonds. The van der Waals surface area contributed by atoms with E-state index in [1.165, 1.54) is 6.08 Å². The Hall–Kier alpha value is -1.69. The van der Waals surface area contributed by atoms with Crippen LogP contribution in [0.2, 0.25) is 0 Å². The van der Waals surface area contributed by atoms with E-state index in [1.54, 1.807) is 32.0 Å². The maximum Gasteiger partial charge on any atom is 0.240 e. The van der Waals surface area contributed by atoms with Gasteiger partial charge < -0.3 is 9.80 Å². The monoisotopic (exact) mass is 323 g/mol. The molecule has 2 rings (SSSR count). The van der Waals surface area contributed by atoms with E-state index in [1.807, 2.05) is 0 Å². The minimum absolute atomic E-state index is 0.0868. The fourth-order valence-electron chi connectivity index (χ4n) is 2.40. The van der Waals surface area contributed by atoms with Crippen LogP contribution in [-0.2, 0) is 14.6 Å². The minimum atomic E-state index is -3.49. The number of anilines is 1. The lowest BCUT2D eigenvalue weighted by atomic mass is 10.2. The van der Waals surface area contributed by atoms with Crippen LogP contribution < -0.4 is 4.90 Å². The Bertz CT molecular complexity index is 686. The molecule has 0 bridgehead atoms. The molecule has 1 saturated heterocycles. The van der Waals surface area contributed by atoms with Crippen LogP contribution in [0.4, 0.5) is 11.4 Å². The molecule has 0 spiro atoms. The van der Waals surface area contributed by atoms with Crippen molar-refractivity contribution in [1.82, 2.24) is 4.90 Å². The van der Waals surface area contributed by atoms with E-state index >= 15 is 0 Å². The first-order valence-electron chi connectivity index (χ1n) is 7.25. The highest BCUT2D eigenvalue weighted by Crippen LogP contribution is 2.31. The Morgan fingerprint density at radius 3 is 2.36 bits per heavy atom. The SMILES string of the molecule is CC(C)S(=O)(=O)c1ccc(N2CCN(C)CC2)cc1N=C=O. The Labute approximate surface area is 131 Å². The zero-order valence-corrected chi connectivity index (χ0v) is 13.9. The van der Waals surface area contributed by atoms with Gasteiger partial charge in [-0.1, -0.05) is 0 Å². The number of rotatable bonds is 4. The van der Waals surface area contributed by atoms with Gasteiger partial charge in [-0.15, -0.1) is 0 Å². The molecule has 0 atom stereocenters. The van der Waals surface area contributed by atoms with E-state index in [0.29, 0.717) is 0 Å². The Morgan fingerprint density at radius 1 is 1.18 bits per heavy atom. The zero-order valence-electron chi connectivity index (χ0n) is 13.1. The van der Waals surface area contributed by atoms with E-state index in [0.717, 1.165) is 31.9 Å². The third kappa shape index (κ3) is 3.38. The number of carbonyl (C=O) groups excluding carboxylic acids is 1. The van der Waals surface area contributed by atoms with Gasteiger partial charge in [0.1, 0.15) is 0 Å².